The molecule has 0 aromatic carbocycles. The molecule has 0 aliphatic heterocycles. The number of carbonyl (C=O) groups excluding carboxylic acids is 1. The van der Waals surface area contributed by atoms with Crippen molar-refractivity contribution in [3.05, 3.63) is 60.8 Å². The van der Waals surface area contributed by atoms with E-state index in [0.717, 1.165) is 6.42 Å². The Morgan fingerprint density at radius 1 is 0.867 bits per heavy atom. The SMILES string of the molecule is CCC/C=C/C=C/C=C/C=C/C=C/[C]=O. The van der Waals surface area contributed by atoms with Crippen LogP contribution in [0.15, 0.2) is 60.8 Å². The molecule has 1 nitrogen and oxygen atoms in total. The van der Waals surface area contributed by atoms with Crippen molar-refractivity contribution in [3.8, 4) is 0 Å². The molecule has 0 amide bonds. The second-order valence-electron chi connectivity index (χ2n) is 2.85. The molecule has 1 heteroatoms. The molecular weight excluding hydrogens is 184 g/mol. The summed E-state index contributed by atoms with van der Waals surface area (Å²) in [5, 5.41) is 0. The van der Waals surface area contributed by atoms with Crippen LogP contribution in [0.25, 0.3) is 0 Å². The van der Waals surface area contributed by atoms with Crippen LogP contribution in [0.2, 0.25) is 0 Å². The smallest absolute Gasteiger partial charge is 0.225 e. The van der Waals surface area contributed by atoms with E-state index in [0.29, 0.717) is 0 Å². The first kappa shape index (κ1) is 13.4. The van der Waals surface area contributed by atoms with Crippen LogP contribution in [0.5, 0.6) is 0 Å². The zero-order valence-electron chi connectivity index (χ0n) is 9.10. The lowest BCUT2D eigenvalue weighted by atomic mass is 10.3. The summed E-state index contributed by atoms with van der Waals surface area (Å²) in [4.78, 5) is 9.78. The second kappa shape index (κ2) is 12.4. The molecule has 0 bridgehead atoms. The fraction of sp³-hybridized carbons (Fsp3) is 0.214. The fourth-order valence-electron chi connectivity index (χ4n) is 0.821. The molecule has 1 radical (unpaired) electrons. The highest BCUT2D eigenvalue weighted by Gasteiger charge is 1.68. The zero-order valence-corrected chi connectivity index (χ0v) is 9.10. The number of hydrogen-bond donors (Lipinski definition) is 0. The van der Waals surface area contributed by atoms with Crippen LogP contribution >= 0.6 is 0 Å². The largest absolute Gasteiger partial charge is 0.286 e. The molecule has 0 aromatic heterocycles. The molecule has 0 aromatic rings. The van der Waals surface area contributed by atoms with Crippen LogP contribution in [-0.4, -0.2) is 6.29 Å². The summed E-state index contributed by atoms with van der Waals surface area (Å²) < 4.78 is 0. The summed E-state index contributed by atoms with van der Waals surface area (Å²) in [6.07, 6.45) is 22.6. The summed E-state index contributed by atoms with van der Waals surface area (Å²) >= 11 is 0. The number of allylic oxidation sites excluding steroid dienone is 10. The molecule has 0 aliphatic rings. The predicted octanol–water partition coefficient (Wildman–Crippen LogP) is 3.68. The van der Waals surface area contributed by atoms with Gasteiger partial charge in [-0.05, 0) is 12.5 Å². The van der Waals surface area contributed by atoms with Gasteiger partial charge in [0.15, 0.2) is 0 Å². The molecule has 79 valence electrons. The Hall–Kier alpha value is -1.63. The van der Waals surface area contributed by atoms with Crippen molar-refractivity contribution in [1.29, 1.82) is 0 Å². The van der Waals surface area contributed by atoms with E-state index in [1.807, 2.05) is 36.5 Å². The van der Waals surface area contributed by atoms with E-state index >= 15 is 0 Å². The Morgan fingerprint density at radius 2 is 1.40 bits per heavy atom. The van der Waals surface area contributed by atoms with E-state index in [9.17, 15) is 4.79 Å². The van der Waals surface area contributed by atoms with Gasteiger partial charge in [0, 0.05) is 0 Å². The summed E-state index contributed by atoms with van der Waals surface area (Å²) in [7, 11) is 0. The van der Waals surface area contributed by atoms with Crippen LogP contribution in [0.1, 0.15) is 19.8 Å². The number of unbranched alkanes of at least 4 members (excludes halogenated alkanes) is 1. The lowest BCUT2D eigenvalue weighted by Gasteiger charge is -1.79. The Kier molecular flexibility index (Phi) is 11.0. The average molecular weight is 201 g/mol. The summed E-state index contributed by atoms with van der Waals surface area (Å²) in [5.74, 6) is 0. The lowest BCUT2D eigenvalue weighted by Crippen LogP contribution is -1.58. The Labute approximate surface area is 92.2 Å². The molecule has 0 saturated carbocycles. The summed E-state index contributed by atoms with van der Waals surface area (Å²) in [5.41, 5.74) is 0. The van der Waals surface area contributed by atoms with E-state index in [2.05, 4.69) is 13.0 Å². The van der Waals surface area contributed by atoms with Gasteiger partial charge in [0.25, 0.3) is 0 Å². The van der Waals surface area contributed by atoms with Crippen LogP contribution in [-0.2, 0) is 4.79 Å². The molecule has 0 fully saturated rings. The highest BCUT2D eigenvalue weighted by molar-refractivity contribution is 5.66. The average Bonchev–Trinajstić information content (AvgIpc) is 2.26. The van der Waals surface area contributed by atoms with E-state index in [1.54, 1.807) is 18.4 Å². The van der Waals surface area contributed by atoms with Crippen molar-refractivity contribution in [2.24, 2.45) is 0 Å². The Morgan fingerprint density at radius 3 is 1.93 bits per heavy atom. The zero-order chi connectivity index (χ0) is 11.2. The van der Waals surface area contributed by atoms with Gasteiger partial charge in [0.1, 0.15) is 0 Å². The minimum absolute atomic E-state index is 1.13. The van der Waals surface area contributed by atoms with E-state index in [-0.39, 0.29) is 0 Å². The molecule has 15 heavy (non-hydrogen) atoms. The van der Waals surface area contributed by atoms with Crippen molar-refractivity contribution >= 4 is 6.29 Å². The maximum absolute atomic E-state index is 9.78. The Balaban J connectivity index is 3.65. The standard InChI is InChI=1S/C14H17O/c1-2-3-4-5-6-7-8-9-10-11-12-13-14-15/h4-13H,2-3H2,1H3/b5-4+,7-6+,9-8+,11-10+,13-12+. The molecule has 0 spiro atoms. The number of hydrogen-bond acceptors (Lipinski definition) is 1. The minimum Gasteiger partial charge on any atom is -0.286 e. The van der Waals surface area contributed by atoms with Gasteiger partial charge < -0.3 is 0 Å². The molecule has 0 rings (SSSR count). The molecule has 0 unspecified atom stereocenters. The van der Waals surface area contributed by atoms with Gasteiger partial charge in [0.05, 0.1) is 0 Å². The van der Waals surface area contributed by atoms with Gasteiger partial charge in [0.2, 0.25) is 6.29 Å². The molecular formula is C14H17O. The molecule has 0 saturated heterocycles. The first-order valence-corrected chi connectivity index (χ1v) is 5.11. The first-order chi connectivity index (χ1) is 7.41. The molecule has 0 aliphatic carbocycles. The Bertz CT molecular complexity index is 278. The first-order valence-electron chi connectivity index (χ1n) is 5.11. The minimum atomic E-state index is 1.13. The third kappa shape index (κ3) is 12.4. The third-order valence-corrected chi connectivity index (χ3v) is 1.53. The van der Waals surface area contributed by atoms with Gasteiger partial charge in [-0.15, -0.1) is 0 Å². The van der Waals surface area contributed by atoms with Crippen LogP contribution in [0.4, 0.5) is 0 Å². The van der Waals surface area contributed by atoms with Crippen molar-refractivity contribution in [2.75, 3.05) is 0 Å². The van der Waals surface area contributed by atoms with E-state index in [4.69, 9.17) is 0 Å². The quantitative estimate of drug-likeness (QED) is 0.453. The summed E-state index contributed by atoms with van der Waals surface area (Å²) in [6.45, 7) is 2.16. The predicted molar refractivity (Wildman–Crippen MR) is 66.3 cm³/mol. The highest BCUT2D eigenvalue weighted by Crippen LogP contribution is 1.89. The monoisotopic (exact) mass is 201 g/mol. The van der Waals surface area contributed by atoms with Gasteiger partial charge in [-0.25, -0.2) is 0 Å². The topological polar surface area (TPSA) is 17.1 Å². The maximum atomic E-state index is 9.78. The molecule has 0 N–H and O–H groups in total. The molecule has 0 heterocycles. The van der Waals surface area contributed by atoms with Gasteiger partial charge in [-0.2, -0.15) is 0 Å². The van der Waals surface area contributed by atoms with E-state index in [1.165, 1.54) is 12.5 Å². The van der Waals surface area contributed by atoms with Crippen molar-refractivity contribution in [1.82, 2.24) is 0 Å². The van der Waals surface area contributed by atoms with Crippen LogP contribution < -0.4 is 0 Å². The van der Waals surface area contributed by atoms with Crippen molar-refractivity contribution in [3.63, 3.8) is 0 Å². The summed E-state index contributed by atoms with van der Waals surface area (Å²) in [6, 6.07) is 0. The van der Waals surface area contributed by atoms with Gasteiger partial charge in [-0.1, -0.05) is 68.0 Å². The normalized spacial score (nSPS) is 13.1. The number of rotatable bonds is 7. The fourth-order valence-corrected chi connectivity index (χ4v) is 0.821. The van der Waals surface area contributed by atoms with E-state index < -0.39 is 0 Å². The van der Waals surface area contributed by atoms with Gasteiger partial charge >= 0.3 is 0 Å². The van der Waals surface area contributed by atoms with Gasteiger partial charge in [-0.3, -0.25) is 4.79 Å². The van der Waals surface area contributed by atoms with Crippen molar-refractivity contribution < 1.29 is 4.79 Å². The second-order valence-corrected chi connectivity index (χ2v) is 2.85. The molecule has 0 atom stereocenters. The van der Waals surface area contributed by atoms with Crippen LogP contribution in [0.3, 0.4) is 0 Å². The van der Waals surface area contributed by atoms with Crippen molar-refractivity contribution in [2.45, 2.75) is 19.8 Å². The third-order valence-electron chi connectivity index (χ3n) is 1.53. The maximum Gasteiger partial charge on any atom is 0.225 e. The lowest BCUT2D eigenvalue weighted by molar-refractivity contribution is 0.564. The van der Waals surface area contributed by atoms with Crippen LogP contribution in [0, 0.1) is 0 Å². The highest BCUT2D eigenvalue weighted by atomic mass is 16.1.